The number of fused-ring (bicyclic) bond motifs is 1. The minimum atomic E-state index is -2.46. The second kappa shape index (κ2) is 6.27. The molecule has 0 unspecified atom stereocenters. The van der Waals surface area contributed by atoms with Gasteiger partial charge in [-0.2, -0.15) is 0 Å². The number of hydrogen-bond donors (Lipinski definition) is 2. The van der Waals surface area contributed by atoms with Gasteiger partial charge in [-0.15, -0.1) is 0 Å². The fourth-order valence-corrected chi connectivity index (χ4v) is 3.09. The molecule has 1 aliphatic rings. The molecule has 0 heterocycles. The van der Waals surface area contributed by atoms with Gasteiger partial charge in [0.2, 0.25) is 23.1 Å². The van der Waals surface area contributed by atoms with Crippen molar-refractivity contribution in [2.45, 2.75) is 12.5 Å². The first kappa shape index (κ1) is 17.6. The van der Waals surface area contributed by atoms with E-state index in [9.17, 15) is 19.5 Å². The van der Waals surface area contributed by atoms with E-state index >= 15 is 0 Å². The van der Waals surface area contributed by atoms with Crippen LogP contribution in [0.2, 0.25) is 0 Å². The van der Waals surface area contributed by atoms with Crippen LogP contribution in [-0.4, -0.2) is 36.8 Å². The van der Waals surface area contributed by atoms with Gasteiger partial charge in [0, 0.05) is 29.7 Å². The molecule has 2 aromatic carbocycles. The molecule has 1 amide bonds. The van der Waals surface area contributed by atoms with Crippen LogP contribution in [-0.2, 0) is 10.4 Å². The maximum absolute atomic E-state index is 12.9. The molecule has 0 saturated heterocycles. The van der Waals surface area contributed by atoms with E-state index < -0.39 is 23.1 Å². The Morgan fingerprint density at radius 2 is 1.50 bits per heavy atom. The van der Waals surface area contributed by atoms with Crippen molar-refractivity contribution in [1.29, 1.82) is 0 Å². The van der Waals surface area contributed by atoms with Gasteiger partial charge in [-0.1, -0.05) is 24.3 Å². The fourth-order valence-electron chi connectivity index (χ4n) is 3.09. The lowest BCUT2D eigenvalue weighted by Gasteiger charge is -2.24. The lowest BCUT2D eigenvalue weighted by Crippen LogP contribution is -2.39. The molecule has 0 radical (unpaired) electrons. The van der Waals surface area contributed by atoms with Gasteiger partial charge < -0.3 is 19.9 Å². The van der Waals surface area contributed by atoms with Crippen molar-refractivity contribution >= 4 is 23.2 Å². The molecule has 0 fully saturated rings. The molecule has 2 N–H and O–H groups in total. The highest BCUT2D eigenvalue weighted by Crippen LogP contribution is 2.44. The lowest BCUT2D eigenvalue weighted by atomic mass is 9.87. The molecule has 0 aliphatic heterocycles. The zero-order valence-corrected chi connectivity index (χ0v) is 14.5. The molecule has 0 spiro atoms. The highest BCUT2D eigenvalue weighted by Gasteiger charge is 2.54. The summed E-state index contributed by atoms with van der Waals surface area (Å²) in [6.07, 6.45) is 0. The summed E-state index contributed by atoms with van der Waals surface area (Å²) in [5, 5.41) is 13.7. The van der Waals surface area contributed by atoms with Crippen LogP contribution in [0.15, 0.2) is 36.4 Å². The first-order chi connectivity index (χ1) is 12.3. The number of methoxy groups -OCH3 is 2. The number of hydrogen-bond acceptors (Lipinski definition) is 6. The molecule has 0 aromatic heterocycles. The fraction of sp³-hybridized carbons (Fsp3) is 0.211. The van der Waals surface area contributed by atoms with Gasteiger partial charge in [-0.3, -0.25) is 14.4 Å². The number of nitrogens with one attached hydrogen (secondary N) is 1. The number of benzene rings is 2. The van der Waals surface area contributed by atoms with Crippen molar-refractivity contribution in [3.63, 3.8) is 0 Å². The number of ketones is 2. The Kier molecular flexibility index (Phi) is 4.25. The normalized spacial score (nSPS) is 14.8. The van der Waals surface area contributed by atoms with E-state index in [1.807, 2.05) is 0 Å². The van der Waals surface area contributed by atoms with Crippen LogP contribution in [0.4, 0.5) is 5.69 Å². The molecular formula is C19H17NO6. The van der Waals surface area contributed by atoms with Crippen LogP contribution in [0.5, 0.6) is 11.5 Å². The van der Waals surface area contributed by atoms with Crippen LogP contribution in [0.3, 0.4) is 0 Å². The zero-order chi connectivity index (χ0) is 19.1. The molecule has 0 saturated carbocycles. The van der Waals surface area contributed by atoms with Gasteiger partial charge in [-0.05, 0) is 6.07 Å². The number of rotatable bonds is 4. The van der Waals surface area contributed by atoms with E-state index in [-0.39, 0.29) is 33.9 Å². The van der Waals surface area contributed by atoms with E-state index in [0.717, 1.165) is 0 Å². The highest BCUT2D eigenvalue weighted by molar-refractivity contribution is 6.32. The summed E-state index contributed by atoms with van der Waals surface area (Å²) in [6.45, 7) is 1.28. The third kappa shape index (κ3) is 2.44. The van der Waals surface area contributed by atoms with E-state index in [1.165, 1.54) is 45.4 Å². The third-order valence-corrected chi connectivity index (χ3v) is 4.30. The number of anilines is 1. The average molecular weight is 355 g/mol. The monoisotopic (exact) mass is 355 g/mol. The number of aliphatic hydroxyl groups is 1. The van der Waals surface area contributed by atoms with Crippen molar-refractivity contribution in [2.75, 3.05) is 19.5 Å². The first-order valence-electron chi connectivity index (χ1n) is 7.79. The Morgan fingerprint density at radius 1 is 1.00 bits per heavy atom. The second-order valence-electron chi connectivity index (χ2n) is 5.85. The van der Waals surface area contributed by atoms with Crippen molar-refractivity contribution in [2.24, 2.45) is 0 Å². The summed E-state index contributed by atoms with van der Waals surface area (Å²) in [5.74, 6) is -1.45. The lowest BCUT2D eigenvalue weighted by molar-refractivity contribution is -0.114. The maximum Gasteiger partial charge on any atom is 0.221 e. The quantitative estimate of drug-likeness (QED) is 0.813. The minimum absolute atomic E-state index is 0.0726. The number of Topliss-reactive ketones (excluding diaryl/α,β-unsaturated/α-hetero) is 2. The van der Waals surface area contributed by atoms with Crippen molar-refractivity contribution < 1.29 is 29.0 Å². The molecule has 2 aromatic rings. The van der Waals surface area contributed by atoms with Crippen molar-refractivity contribution in [1.82, 2.24) is 0 Å². The van der Waals surface area contributed by atoms with Gasteiger partial charge in [0.15, 0.2) is 11.5 Å². The van der Waals surface area contributed by atoms with Crippen LogP contribution < -0.4 is 14.8 Å². The predicted molar refractivity (Wildman–Crippen MR) is 92.8 cm³/mol. The smallest absolute Gasteiger partial charge is 0.221 e. The summed E-state index contributed by atoms with van der Waals surface area (Å²) in [5.41, 5.74) is -2.18. The standard InChI is InChI=1S/C19H17NO6/c1-10(21)20-14-9-16(26-3)15(25-2)8-13(14)19(24)17(22)11-6-4-5-7-12(11)18(19)23/h4-9,24H,1-3H3,(H,20,21). The topological polar surface area (TPSA) is 102 Å². The summed E-state index contributed by atoms with van der Waals surface area (Å²) < 4.78 is 10.4. The molecular weight excluding hydrogens is 338 g/mol. The van der Waals surface area contributed by atoms with E-state index in [1.54, 1.807) is 12.1 Å². The maximum atomic E-state index is 12.9. The Labute approximate surface area is 149 Å². The Morgan fingerprint density at radius 3 is 1.96 bits per heavy atom. The van der Waals surface area contributed by atoms with Crippen LogP contribution in [0, 0.1) is 0 Å². The number of carbonyl (C=O) groups excluding carboxylic acids is 3. The summed E-state index contributed by atoms with van der Waals surface area (Å²) in [7, 11) is 2.79. The number of ether oxygens (including phenoxy) is 2. The van der Waals surface area contributed by atoms with Gasteiger partial charge in [0.25, 0.3) is 0 Å². The van der Waals surface area contributed by atoms with Crippen LogP contribution >= 0.6 is 0 Å². The Bertz CT molecular complexity index is 899. The van der Waals surface area contributed by atoms with Gasteiger partial charge >= 0.3 is 0 Å². The van der Waals surface area contributed by atoms with Crippen LogP contribution in [0.25, 0.3) is 0 Å². The molecule has 0 bridgehead atoms. The summed E-state index contributed by atoms with van der Waals surface area (Å²) in [4.78, 5) is 37.3. The molecule has 7 nitrogen and oxygen atoms in total. The van der Waals surface area contributed by atoms with Crippen molar-refractivity contribution in [3.8, 4) is 11.5 Å². The minimum Gasteiger partial charge on any atom is -0.493 e. The largest absolute Gasteiger partial charge is 0.493 e. The molecule has 7 heteroatoms. The Balaban J connectivity index is 2.27. The molecule has 134 valence electrons. The molecule has 1 aliphatic carbocycles. The van der Waals surface area contributed by atoms with Crippen molar-refractivity contribution in [3.05, 3.63) is 53.1 Å². The van der Waals surface area contributed by atoms with Crippen LogP contribution in [0.1, 0.15) is 33.2 Å². The first-order valence-corrected chi connectivity index (χ1v) is 7.79. The summed E-state index contributed by atoms with van der Waals surface area (Å²) >= 11 is 0. The van der Waals surface area contributed by atoms with Gasteiger partial charge in [0.1, 0.15) is 0 Å². The van der Waals surface area contributed by atoms with E-state index in [0.29, 0.717) is 0 Å². The third-order valence-electron chi connectivity index (χ3n) is 4.30. The van der Waals surface area contributed by atoms with Gasteiger partial charge in [-0.25, -0.2) is 0 Å². The highest BCUT2D eigenvalue weighted by atomic mass is 16.5. The molecule has 26 heavy (non-hydrogen) atoms. The number of amides is 1. The summed E-state index contributed by atoms with van der Waals surface area (Å²) in [6, 6.07) is 8.90. The second-order valence-corrected chi connectivity index (χ2v) is 5.85. The predicted octanol–water partition coefficient (Wildman–Crippen LogP) is 1.93. The molecule has 0 atom stereocenters. The van der Waals surface area contributed by atoms with E-state index in [4.69, 9.17) is 9.47 Å². The molecule has 3 rings (SSSR count). The number of carbonyl (C=O) groups is 3. The average Bonchev–Trinajstić information content (AvgIpc) is 2.83. The zero-order valence-electron chi connectivity index (χ0n) is 14.5. The van der Waals surface area contributed by atoms with E-state index in [2.05, 4.69) is 5.32 Å². The SMILES string of the molecule is COc1cc(NC(C)=O)c(C2(O)C(=O)c3ccccc3C2=O)cc1OC. The Hall–Kier alpha value is -3.19. The van der Waals surface area contributed by atoms with Gasteiger partial charge in [0.05, 0.1) is 19.9 Å².